The van der Waals surface area contributed by atoms with Gasteiger partial charge in [0.05, 0.1) is 23.9 Å². The molecule has 1 aliphatic heterocycles. The highest BCUT2D eigenvalue weighted by atomic mass is 35.5. The fraction of sp³-hybridized carbons (Fsp3) is 0.455. The van der Waals surface area contributed by atoms with Gasteiger partial charge in [0.25, 0.3) is 0 Å². The van der Waals surface area contributed by atoms with Crippen molar-refractivity contribution in [2.75, 3.05) is 38.4 Å². The molecule has 6 nitrogen and oxygen atoms in total. The van der Waals surface area contributed by atoms with Crippen LogP contribution < -0.4 is 10.1 Å². The minimum Gasteiger partial charge on any atom is -0.475 e. The molecule has 0 unspecified atom stereocenters. The third-order valence-electron chi connectivity index (χ3n) is 5.19. The number of hydrogen-bond donors (Lipinski definition) is 1. The van der Waals surface area contributed by atoms with E-state index in [0.717, 1.165) is 11.1 Å². The van der Waals surface area contributed by atoms with E-state index < -0.39 is 5.41 Å². The van der Waals surface area contributed by atoms with Crippen molar-refractivity contribution in [3.8, 4) is 5.88 Å². The third-order valence-corrected chi connectivity index (χ3v) is 5.73. The number of anilines is 1. The average Bonchev–Trinajstić information content (AvgIpc) is 2.73. The second-order valence-corrected chi connectivity index (χ2v) is 8.01. The Balaban J connectivity index is 1.78. The zero-order valence-corrected chi connectivity index (χ0v) is 18.7. The van der Waals surface area contributed by atoms with E-state index in [4.69, 9.17) is 37.4 Å². The molecule has 1 fully saturated rings. The second-order valence-electron chi connectivity index (χ2n) is 7.16. The summed E-state index contributed by atoms with van der Waals surface area (Å²) < 4.78 is 16.4. The number of carbonyl (C=O) groups excluding carboxylic acids is 1. The maximum Gasteiger partial charge on any atom is 0.235 e. The monoisotopic (exact) mass is 452 g/mol. The van der Waals surface area contributed by atoms with Gasteiger partial charge in [0, 0.05) is 35.4 Å². The minimum absolute atomic E-state index is 0.138. The highest BCUT2D eigenvalue weighted by molar-refractivity contribution is 6.35. The largest absolute Gasteiger partial charge is 0.475 e. The molecule has 0 saturated carbocycles. The van der Waals surface area contributed by atoms with Crippen molar-refractivity contribution >= 4 is 34.8 Å². The smallest absolute Gasteiger partial charge is 0.235 e. The minimum atomic E-state index is -0.791. The Morgan fingerprint density at radius 1 is 1.23 bits per heavy atom. The summed E-state index contributed by atoms with van der Waals surface area (Å²) >= 11 is 12.5. The standard InChI is InChI=1S/C22H26Cl2N2O4/c1-3-28-10-11-30-20-15(2)12-17(14-25-20)26-21(27)22(6-8-29-9-7-22)18-5-4-16(23)13-19(18)24/h4-5,12-14H,3,6-11H2,1-2H3,(H,26,27). The van der Waals surface area contributed by atoms with Gasteiger partial charge in [-0.05, 0) is 50.5 Å². The maximum atomic E-state index is 13.4. The van der Waals surface area contributed by atoms with Crippen LogP contribution in [0.1, 0.15) is 30.9 Å². The number of rotatable bonds is 8. The molecule has 30 heavy (non-hydrogen) atoms. The molecular formula is C22H26Cl2N2O4. The number of aryl methyl sites for hydroxylation is 1. The second kappa shape index (κ2) is 10.4. The molecule has 162 valence electrons. The molecule has 0 atom stereocenters. The first-order valence-electron chi connectivity index (χ1n) is 9.98. The molecule has 1 amide bonds. The van der Waals surface area contributed by atoms with Crippen LogP contribution in [0.25, 0.3) is 0 Å². The zero-order chi connectivity index (χ0) is 21.6. The van der Waals surface area contributed by atoms with Crippen molar-refractivity contribution in [2.24, 2.45) is 0 Å². The Labute approximate surface area is 186 Å². The molecule has 0 aliphatic carbocycles. The van der Waals surface area contributed by atoms with Gasteiger partial charge in [-0.1, -0.05) is 29.3 Å². The SMILES string of the molecule is CCOCCOc1ncc(NC(=O)C2(c3ccc(Cl)cc3Cl)CCOCC2)cc1C. The predicted molar refractivity (Wildman–Crippen MR) is 118 cm³/mol. The molecule has 3 rings (SSSR count). The summed E-state index contributed by atoms with van der Waals surface area (Å²) in [6.07, 6.45) is 2.66. The molecule has 8 heteroatoms. The normalized spacial score (nSPS) is 15.6. The highest BCUT2D eigenvalue weighted by Gasteiger charge is 2.43. The summed E-state index contributed by atoms with van der Waals surface area (Å²) in [5.74, 6) is 0.385. The molecule has 1 aliphatic rings. The van der Waals surface area contributed by atoms with Gasteiger partial charge >= 0.3 is 0 Å². The molecular weight excluding hydrogens is 427 g/mol. The van der Waals surface area contributed by atoms with Gasteiger partial charge in [-0.25, -0.2) is 4.98 Å². The fourth-order valence-electron chi connectivity index (χ4n) is 3.59. The first kappa shape index (κ1) is 22.8. The van der Waals surface area contributed by atoms with Crippen molar-refractivity contribution in [3.05, 3.63) is 51.6 Å². The number of halogens is 2. The van der Waals surface area contributed by atoms with E-state index in [1.54, 1.807) is 18.3 Å². The predicted octanol–water partition coefficient (Wildman–Crippen LogP) is 4.80. The van der Waals surface area contributed by atoms with E-state index in [2.05, 4.69) is 10.3 Å². The van der Waals surface area contributed by atoms with Crippen LogP contribution >= 0.6 is 23.2 Å². The molecule has 2 aromatic rings. The van der Waals surface area contributed by atoms with Crippen LogP contribution in [0.4, 0.5) is 5.69 Å². The number of hydrogen-bond acceptors (Lipinski definition) is 5. The number of amides is 1. The van der Waals surface area contributed by atoms with E-state index in [0.29, 0.717) is 67.5 Å². The van der Waals surface area contributed by atoms with Gasteiger partial charge in [-0.2, -0.15) is 0 Å². The van der Waals surface area contributed by atoms with E-state index in [1.165, 1.54) is 0 Å². The van der Waals surface area contributed by atoms with Crippen LogP contribution in [0.5, 0.6) is 5.88 Å². The lowest BCUT2D eigenvalue weighted by atomic mass is 9.73. The number of carbonyl (C=O) groups is 1. The van der Waals surface area contributed by atoms with E-state index in [9.17, 15) is 4.79 Å². The van der Waals surface area contributed by atoms with Crippen molar-refractivity contribution in [3.63, 3.8) is 0 Å². The third kappa shape index (κ3) is 5.24. The molecule has 0 spiro atoms. The molecule has 0 bridgehead atoms. The summed E-state index contributed by atoms with van der Waals surface area (Å²) in [5.41, 5.74) is 1.40. The Hall–Kier alpha value is -1.86. The van der Waals surface area contributed by atoms with Crippen LogP contribution in [-0.4, -0.2) is 43.9 Å². The molecule has 1 saturated heterocycles. The number of pyridine rings is 1. The summed E-state index contributed by atoms with van der Waals surface area (Å²) in [7, 11) is 0. The van der Waals surface area contributed by atoms with Gasteiger partial charge in [0.2, 0.25) is 11.8 Å². The Morgan fingerprint density at radius 3 is 2.67 bits per heavy atom. The summed E-state index contributed by atoms with van der Waals surface area (Å²) in [5, 5.41) is 4.02. The number of nitrogens with zero attached hydrogens (tertiary/aromatic N) is 1. The summed E-state index contributed by atoms with van der Waals surface area (Å²) in [6, 6.07) is 7.10. The number of aromatic nitrogens is 1. The average molecular weight is 453 g/mol. The topological polar surface area (TPSA) is 69.7 Å². The first-order chi connectivity index (χ1) is 14.5. The number of ether oxygens (including phenoxy) is 3. The molecule has 1 aromatic carbocycles. The van der Waals surface area contributed by atoms with Crippen LogP contribution in [0.2, 0.25) is 10.0 Å². The molecule has 1 N–H and O–H groups in total. The lowest BCUT2D eigenvalue weighted by Gasteiger charge is -2.36. The van der Waals surface area contributed by atoms with Gasteiger partial charge in [0.1, 0.15) is 6.61 Å². The van der Waals surface area contributed by atoms with Crippen LogP contribution in [0.3, 0.4) is 0 Å². The number of benzene rings is 1. The Kier molecular flexibility index (Phi) is 7.94. The van der Waals surface area contributed by atoms with Gasteiger partial charge < -0.3 is 19.5 Å². The maximum absolute atomic E-state index is 13.4. The van der Waals surface area contributed by atoms with Crippen molar-refractivity contribution in [1.29, 1.82) is 0 Å². The first-order valence-corrected chi connectivity index (χ1v) is 10.7. The molecule has 1 aromatic heterocycles. The lowest BCUT2D eigenvalue weighted by Crippen LogP contribution is -2.45. The summed E-state index contributed by atoms with van der Waals surface area (Å²) in [6.45, 7) is 6.36. The Bertz CT molecular complexity index is 885. The molecule has 2 heterocycles. The quantitative estimate of drug-likeness (QED) is 0.582. The van der Waals surface area contributed by atoms with Gasteiger partial charge in [-0.15, -0.1) is 0 Å². The zero-order valence-electron chi connectivity index (χ0n) is 17.2. The van der Waals surface area contributed by atoms with Gasteiger partial charge in [-0.3, -0.25) is 4.79 Å². The Morgan fingerprint density at radius 2 is 2.00 bits per heavy atom. The van der Waals surface area contributed by atoms with E-state index in [1.807, 2.05) is 26.0 Å². The van der Waals surface area contributed by atoms with Crippen LogP contribution in [0.15, 0.2) is 30.5 Å². The van der Waals surface area contributed by atoms with Crippen molar-refractivity contribution in [1.82, 2.24) is 4.98 Å². The van der Waals surface area contributed by atoms with E-state index in [-0.39, 0.29) is 5.91 Å². The van der Waals surface area contributed by atoms with Crippen LogP contribution in [0, 0.1) is 6.92 Å². The molecule has 0 radical (unpaired) electrons. The number of nitrogens with one attached hydrogen (secondary N) is 1. The highest BCUT2D eigenvalue weighted by Crippen LogP contribution is 2.40. The summed E-state index contributed by atoms with van der Waals surface area (Å²) in [4.78, 5) is 17.8. The van der Waals surface area contributed by atoms with E-state index >= 15 is 0 Å². The van der Waals surface area contributed by atoms with Crippen molar-refractivity contribution in [2.45, 2.75) is 32.1 Å². The van der Waals surface area contributed by atoms with Crippen LogP contribution in [-0.2, 0) is 19.7 Å². The lowest BCUT2D eigenvalue weighted by molar-refractivity contribution is -0.125. The van der Waals surface area contributed by atoms with Crippen molar-refractivity contribution < 1.29 is 19.0 Å². The van der Waals surface area contributed by atoms with Gasteiger partial charge in [0.15, 0.2) is 0 Å². The fourth-order valence-corrected chi connectivity index (χ4v) is 4.18.